The molecule has 3 nitrogen and oxygen atoms in total. The third kappa shape index (κ3) is 3.67. The molecule has 0 bridgehead atoms. The first-order valence-corrected chi connectivity index (χ1v) is 6.83. The van der Waals surface area contributed by atoms with Crippen molar-refractivity contribution in [1.29, 1.82) is 0 Å². The highest BCUT2D eigenvalue weighted by Gasteiger charge is 2.03. The van der Waals surface area contributed by atoms with Crippen LogP contribution in [-0.2, 0) is 13.1 Å². The normalized spacial score (nSPS) is 10.9. The molecule has 1 aromatic heterocycles. The number of hydrogen-bond donors (Lipinski definition) is 1. The number of rotatable bonds is 5. The lowest BCUT2D eigenvalue weighted by Gasteiger charge is -2.12. The first-order valence-electron chi connectivity index (χ1n) is 6.83. The average Bonchev–Trinajstić information content (AvgIpc) is 2.73. The molecule has 0 aliphatic carbocycles. The van der Waals surface area contributed by atoms with Crippen LogP contribution in [0.4, 0.5) is 0 Å². The number of nitrogens with one attached hydrogen (secondary N) is 1. The second kappa shape index (κ2) is 6.02. The number of hydrogen-bond acceptors (Lipinski definition) is 2. The lowest BCUT2D eigenvalue weighted by molar-refractivity contribution is 0.553. The molecular weight excluding hydrogens is 234 g/mol. The Hall–Kier alpha value is -1.61. The van der Waals surface area contributed by atoms with Crippen molar-refractivity contribution in [3.63, 3.8) is 0 Å². The maximum Gasteiger partial charge on any atom is 0.0534 e. The summed E-state index contributed by atoms with van der Waals surface area (Å²) in [6, 6.07) is 4.50. The van der Waals surface area contributed by atoms with E-state index in [1.165, 1.54) is 27.8 Å². The fourth-order valence-electron chi connectivity index (χ4n) is 2.48. The van der Waals surface area contributed by atoms with Gasteiger partial charge in [0.05, 0.1) is 12.7 Å². The molecule has 0 aliphatic heterocycles. The number of aryl methyl sites for hydroxylation is 4. The van der Waals surface area contributed by atoms with Gasteiger partial charge in [0.1, 0.15) is 0 Å². The summed E-state index contributed by atoms with van der Waals surface area (Å²) in [5, 5.41) is 7.78. The molecule has 0 unspecified atom stereocenters. The molecule has 0 fully saturated rings. The molecule has 2 rings (SSSR count). The fraction of sp³-hybridized carbons (Fsp3) is 0.438. The monoisotopic (exact) mass is 257 g/mol. The predicted octanol–water partition coefficient (Wildman–Crippen LogP) is 2.91. The zero-order chi connectivity index (χ0) is 13.8. The molecule has 0 radical (unpaired) electrons. The Labute approximate surface area is 115 Å². The van der Waals surface area contributed by atoms with Crippen molar-refractivity contribution < 1.29 is 0 Å². The minimum atomic E-state index is 0.914. The van der Waals surface area contributed by atoms with Gasteiger partial charge >= 0.3 is 0 Å². The Kier molecular flexibility index (Phi) is 4.38. The fourth-order valence-corrected chi connectivity index (χ4v) is 2.48. The maximum absolute atomic E-state index is 4.28. The Morgan fingerprint density at radius 1 is 1.05 bits per heavy atom. The maximum atomic E-state index is 4.28. The van der Waals surface area contributed by atoms with E-state index in [9.17, 15) is 0 Å². The van der Waals surface area contributed by atoms with Crippen LogP contribution in [0.5, 0.6) is 0 Å². The third-order valence-corrected chi connectivity index (χ3v) is 3.42. The minimum absolute atomic E-state index is 0.914. The molecule has 1 aromatic carbocycles. The molecule has 0 spiro atoms. The van der Waals surface area contributed by atoms with E-state index in [0.29, 0.717) is 0 Å². The van der Waals surface area contributed by atoms with E-state index in [1.54, 1.807) is 0 Å². The first kappa shape index (κ1) is 13.8. The molecular formula is C16H23N3. The second-order valence-corrected chi connectivity index (χ2v) is 5.33. The van der Waals surface area contributed by atoms with Gasteiger partial charge in [-0.05, 0) is 49.9 Å². The average molecular weight is 257 g/mol. The zero-order valence-corrected chi connectivity index (χ0v) is 12.3. The molecule has 3 heteroatoms. The summed E-state index contributed by atoms with van der Waals surface area (Å²) < 4.78 is 1.98. The van der Waals surface area contributed by atoms with Crippen LogP contribution in [0.3, 0.4) is 0 Å². The second-order valence-electron chi connectivity index (χ2n) is 5.33. The molecule has 1 N–H and O–H groups in total. The summed E-state index contributed by atoms with van der Waals surface area (Å²) in [5.74, 6) is 0. The van der Waals surface area contributed by atoms with Gasteiger partial charge in [0.2, 0.25) is 0 Å². The Morgan fingerprint density at radius 3 is 2.32 bits per heavy atom. The topological polar surface area (TPSA) is 29.9 Å². The standard InChI is InChI=1S/C16H23N3/c1-12-7-14(3)16(15(4)8-12)10-17-5-6-19-11-13(2)9-18-19/h7-9,11,17H,5-6,10H2,1-4H3. The van der Waals surface area contributed by atoms with Crippen LogP contribution in [0.2, 0.25) is 0 Å². The summed E-state index contributed by atoms with van der Waals surface area (Å²) in [4.78, 5) is 0. The van der Waals surface area contributed by atoms with E-state index in [2.05, 4.69) is 56.4 Å². The van der Waals surface area contributed by atoms with E-state index >= 15 is 0 Å². The van der Waals surface area contributed by atoms with E-state index < -0.39 is 0 Å². The lowest BCUT2D eigenvalue weighted by atomic mass is 10.00. The van der Waals surface area contributed by atoms with E-state index in [-0.39, 0.29) is 0 Å². The molecule has 0 atom stereocenters. The highest BCUT2D eigenvalue weighted by Crippen LogP contribution is 2.15. The van der Waals surface area contributed by atoms with Crippen molar-refractivity contribution in [2.75, 3.05) is 6.54 Å². The van der Waals surface area contributed by atoms with Crippen molar-refractivity contribution in [3.8, 4) is 0 Å². The lowest BCUT2D eigenvalue weighted by Crippen LogP contribution is -2.20. The van der Waals surface area contributed by atoms with Gasteiger partial charge in [-0.1, -0.05) is 17.7 Å². The zero-order valence-electron chi connectivity index (χ0n) is 12.3. The predicted molar refractivity (Wildman–Crippen MR) is 79.3 cm³/mol. The van der Waals surface area contributed by atoms with Crippen molar-refractivity contribution in [3.05, 3.63) is 52.3 Å². The summed E-state index contributed by atoms with van der Waals surface area (Å²) in [6.07, 6.45) is 3.97. The van der Waals surface area contributed by atoms with Gasteiger partial charge in [0, 0.05) is 19.3 Å². The van der Waals surface area contributed by atoms with Gasteiger partial charge in [0.25, 0.3) is 0 Å². The van der Waals surface area contributed by atoms with Crippen molar-refractivity contribution in [2.45, 2.75) is 40.8 Å². The molecule has 1 heterocycles. The molecule has 19 heavy (non-hydrogen) atoms. The SMILES string of the molecule is Cc1cc(C)c(CNCCn2cc(C)cn2)c(C)c1. The van der Waals surface area contributed by atoms with Crippen LogP contribution in [0.1, 0.15) is 27.8 Å². The molecule has 102 valence electrons. The van der Waals surface area contributed by atoms with Gasteiger partial charge in [0.15, 0.2) is 0 Å². The van der Waals surface area contributed by atoms with Gasteiger partial charge in [-0.15, -0.1) is 0 Å². The summed E-state index contributed by atoms with van der Waals surface area (Å²) in [6.45, 7) is 11.4. The Balaban J connectivity index is 1.86. The number of nitrogens with zero attached hydrogens (tertiary/aromatic N) is 2. The van der Waals surface area contributed by atoms with Crippen LogP contribution in [0, 0.1) is 27.7 Å². The van der Waals surface area contributed by atoms with Crippen LogP contribution in [-0.4, -0.2) is 16.3 Å². The Bertz CT molecular complexity index is 532. The quantitative estimate of drug-likeness (QED) is 0.835. The third-order valence-electron chi connectivity index (χ3n) is 3.42. The van der Waals surface area contributed by atoms with Crippen LogP contribution < -0.4 is 5.32 Å². The molecule has 0 aliphatic rings. The highest BCUT2D eigenvalue weighted by molar-refractivity contribution is 5.37. The Morgan fingerprint density at radius 2 is 1.74 bits per heavy atom. The molecule has 0 saturated carbocycles. The molecule has 0 amide bonds. The van der Waals surface area contributed by atoms with Crippen LogP contribution in [0.15, 0.2) is 24.5 Å². The summed E-state index contributed by atoms with van der Waals surface area (Å²) >= 11 is 0. The largest absolute Gasteiger partial charge is 0.311 e. The highest BCUT2D eigenvalue weighted by atomic mass is 15.3. The smallest absolute Gasteiger partial charge is 0.0534 e. The first-order chi connectivity index (χ1) is 9.06. The summed E-state index contributed by atoms with van der Waals surface area (Å²) in [7, 11) is 0. The van der Waals surface area contributed by atoms with Crippen LogP contribution in [0.25, 0.3) is 0 Å². The van der Waals surface area contributed by atoms with Crippen LogP contribution >= 0.6 is 0 Å². The van der Waals surface area contributed by atoms with Gasteiger partial charge in [-0.2, -0.15) is 5.10 Å². The van der Waals surface area contributed by atoms with Gasteiger partial charge in [-0.3, -0.25) is 4.68 Å². The van der Waals surface area contributed by atoms with Crippen molar-refractivity contribution in [1.82, 2.24) is 15.1 Å². The summed E-state index contributed by atoms with van der Waals surface area (Å²) in [5.41, 5.74) is 6.72. The van der Waals surface area contributed by atoms with E-state index in [1.807, 2.05) is 10.9 Å². The number of benzene rings is 1. The minimum Gasteiger partial charge on any atom is -0.311 e. The molecule has 2 aromatic rings. The van der Waals surface area contributed by atoms with Crippen molar-refractivity contribution in [2.24, 2.45) is 0 Å². The van der Waals surface area contributed by atoms with Gasteiger partial charge in [-0.25, -0.2) is 0 Å². The van der Waals surface area contributed by atoms with Gasteiger partial charge < -0.3 is 5.32 Å². The van der Waals surface area contributed by atoms with E-state index in [0.717, 1.165) is 19.6 Å². The molecule has 0 saturated heterocycles. The number of aromatic nitrogens is 2. The van der Waals surface area contributed by atoms with Crippen molar-refractivity contribution >= 4 is 0 Å². The van der Waals surface area contributed by atoms with E-state index in [4.69, 9.17) is 0 Å².